The Morgan fingerprint density at radius 2 is 1.83 bits per heavy atom. The normalized spacial score (nSPS) is 16.0. The van der Waals surface area contributed by atoms with Crippen LogP contribution >= 0.6 is 0 Å². The average Bonchev–Trinajstić information content (AvgIpc) is 2.37. The van der Waals surface area contributed by atoms with E-state index < -0.39 is 0 Å². The summed E-state index contributed by atoms with van der Waals surface area (Å²) < 4.78 is 11.2. The lowest BCUT2D eigenvalue weighted by atomic mass is 9.87. The van der Waals surface area contributed by atoms with Crippen molar-refractivity contribution in [1.29, 1.82) is 0 Å². The average molecular weight is 249 g/mol. The minimum absolute atomic E-state index is 0.130. The van der Waals surface area contributed by atoms with Gasteiger partial charge in [0.25, 0.3) is 0 Å². The molecule has 1 aromatic rings. The summed E-state index contributed by atoms with van der Waals surface area (Å²) >= 11 is 0. The Morgan fingerprint density at radius 1 is 1.17 bits per heavy atom. The molecule has 0 saturated carbocycles. The molecule has 2 N–H and O–H groups in total. The van der Waals surface area contributed by atoms with Crippen LogP contribution in [-0.4, -0.2) is 20.3 Å². The molecule has 1 aliphatic rings. The van der Waals surface area contributed by atoms with Crippen molar-refractivity contribution in [3.05, 3.63) is 22.8 Å². The van der Waals surface area contributed by atoms with E-state index in [9.17, 15) is 0 Å². The first-order chi connectivity index (χ1) is 8.67. The SMILES string of the molecule is COc1cc(CC(C)N)c(OC)c2c1CCCC2. The summed E-state index contributed by atoms with van der Waals surface area (Å²) in [5.74, 6) is 2.03. The Balaban J connectivity index is 2.53. The van der Waals surface area contributed by atoms with Crippen LogP contribution in [0.2, 0.25) is 0 Å². The fourth-order valence-electron chi connectivity index (χ4n) is 2.87. The third kappa shape index (κ3) is 2.46. The summed E-state index contributed by atoms with van der Waals surface area (Å²) in [5, 5.41) is 0. The molecule has 0 aliphatic heterocycles. The zero-order chi connectivity index (χ0) is 13.1. The molecule has 1 aromatic carbocycles. The van der Waals surface area contributed by atoms with Gasteiger partial charge in [-0.3, -0.25) is 0 Å². The highest BCUT2D eigenvalue weighted by molar-refractivity contribution is 5.55. The van der Waals surface area contributed by atoms with Crippen molar-refractivity contribution in [2.75, 3.05) is 14.2 Å². The highest BCUT2D eigenvalue weighted by Gasteiger charge is 2.22. The molecule has 2 rings (SSSR count). The minimum Gasteiger partial charge on any atom is -0.496 e. The van der Waals surface area contributed by atoms with Crippen LogP contribution in [0.1, 0.15) is 36.5 Å². The first-order valence-electron chi connectivity index (χ1n) is 6.68. The number of hydrogen-bond donors (Lipinski definition) is 1. The van der Waals surface area contributed by atoms with Crippen LogP contribution in [0.3, 0.4) is 0 Å². The Bertz CT molecular complexity index is 427. The molecule has 18 heavy (non-hydrogen) atoms. The van der Waals surface area contributed by atoms with Gasteiger partial charge < -0.3 is 15.2 Å². The van der Waals surface area contributed by atoms with Gasteiger partial charge in [0, 0.05) is 17.2 Å². The number of nitrogens with two attached hydrogens (primary N) is 1. The predicted molar refractivity (Wildman–Crippen MR) is 73.5 cm³/mol. The van der Waals surface area contributed by atoms with Crippen molar-refractivity contribution >= 4 is 0 Å². The van der Waals surface area contributed by atoms with E-state index in [0.717, 1.165) is 30.8 Å². The second-order valence-electron chi connectivity index (χ2n) is 5.12. The molecule has 0 amide bonds. The third-order valence-corrected chi connectivity index (χ3v) is 3.60. The largest absolute Gasteiger partial charge is 0.496 e. The van der Waals surface area contributed by atoms with E-state index in [0.29, 0.717) is 0 Å². The maximum atomic E-state index is 5.92. The van der Waals surface area contributed by atoms with Crippen LogP contribution < -0.4 is 15.2 Å². The molecule has 0 bridgehead atoms. The summed E-state index contributed by atoms with van der Waals surface area (Å²) in [7, 11) is 3.49. The minimum atomic E-state index is 0.130. The van der Waals surface area contributed by atoms with E-state index in [1.165, 1.54) is 29.5 Å². The van der Waals surface area contributed by atoms with Gasteiger partial charge in [0.1, 0.15) is 11.5 Å². The molecule has 0 aromatic heterocycles. The third-order valence-electron chi connectivity index (χ3n) is 3.60. The summed E-state index contributed by atoms with van der Waals surface area (Å²) in [4.78, 5) is 0. The van der Waals surface area contributed by atoms with Crippen molar-refractivity contribution < 1.29 is 9.47 Å². The van der Waals surface area contributed by atoms with Crippen molar-refractivity contribution in [2.45, 2.75) is 45.1 Å². The number of fused-ring (bicyclic) bond motifs is 1. The smallest absolute Gasteiger partial charge is 0.125 e. The molecular formula is C15H23NO2. The Labute approximate surface area is 109 Å². The van der Waals surface area contributed by atoms with Gasteiger partial charge in [0.15, 0.2) is 0 Å². The highest BCUT2D eigenvalue weighted by atomic mass is 16.5. The molecule has 1 aliphatic carbocycles. The van der Waals surface area contributed by atoms with Gasteiger partial charge in [0.05, 0.1) is 14.2 Å². The lowest BCUT2D eigenvalue weighted by molar-refractivity contribution is 0.384. The number of hydrogen-bond acceptors (Lipinski definition) is 3. The molecule has 3 nitrogen and oxygen atoms in total. The Kier molecular flexibility index (Phi) is 4.12. The lowest BCUT2D eigenvalue weighted by Gasteiger charge is -2.24. The fourth-order valence-corrected chi connectivity index (χ4v) is 2.87. The maximum Gasteiger partial charge on any atom is 0.125 e. The highest BCUT2D eigenvalue weighted by Crippen LogP contribution is 2.39. The predicted octanol–water partition coefficient (Wildman–Crippen LogP) is 2.47. The van der Waals surface area contributed by atoms with Crippen molar-refractivity contribution in [3.63, 3.8) is 0 Å². The van der Waals surface area contributed by atoms with Gasteiger partial charge in [0.2, 0.25) is 0 Å². The van der Waals surface area contributed by atoms with E-state index in [1.807, 2.05) is 6.92 Å². The topological polar surface area (TPSA) is 44.5 Å². The monoisotopic (exact) mass is 249 g/mol. The van der Waals surface area contributed by atoms with Gasteiger partial charge >= 0.3 is 0 Å². The molecular weight excluding hydrogens is 226 g/mol. The lowest BCUT2D eigenvalue weighted by Crippen LogP contribution is -2.19. The molecule has 0 radical (unpaired) electrons. The van der Waals surface area contributed by atoms with E-state index in [1.54, 1.807) is 14.2 Å². The second-order valence-corrected chi connectivity index (χ2v) is 5.12. The van der Waals surface area contributed by atoms with Gasteiger partial charge in [-0.15, -0.1) is 0 Å². The van der Waals surface area contributed by atoms with E-state index in [2.05, 4.69) is 6.07 Å². The van der Waals surface area contributed by atoms with Crippen LogP contribution in [0.15, 0.2) is 6.07 Å². The van der Waals surface area contributed by atoms with Crippen LogP contribution in [0.4, 0.5) is 0 Å². The van der Waals surface area contributed by atoms with Gasteiger partial charge in [-0.1, -0.05) is 0 Å². The molecule has 1 atom stereocenters. The van der Waals surface area contributed by atoms with Crippen LogP contribution in [0.5, 0.6) is 11.5 Å². The molecule has 3 heteroatoms. The summed E-state index contributed by atoms with van der Waals surface area (Å²) in [6, 6.07) is 2.23. The quantitative estimate of drug-likeness (QED) is 0.891. The standard InChI is InChI=1S/C15H23NO2/c1-10(16)8-11-9-14(17-2)12-6-4-5-7-13(12)15(11)18-3/h9-10H,4-8,16H2,1-3H3. The maximum absolute atomic E-state index is 5.92. The first-order valence-corrected chi connectivity index (χ1v) is 6.68. The van der Waals surface area contributed by atoms with Crippen molar-refractivity contribution in [2.24, 2.45) is 5.73 Å². The fraction of sp³-hybridized carbons (Fsp3) is 0.600. The molecule has 100 valence electrons. The number of ether oxygens (including phenoxy) is 2. The summed E-state index contributed by atoms with van der Waals surface area (Å²) in [6.45, 7) is 2.02. The summed E-state index contributed by atoms with van der Waals surface area (Å²) in [5.41, 5.74) is 9.75. The number of methoxy groups -OCH3 is 2. The molecule has 0 heterocycles. The van der Waals surface area contributed by atoms with Crippen LogP contribution in [0, 0.1) is 0 Å². The van der Waals surface area contributed by atoms with Crippen molar-refractivity contribution in [3.8, 4) is 11.5 Å². The van der Waals surface area contributed by atoms with Gasteiger partial charge in [-0.25, -0.2) is 0 Å². The van der Waals surface area contributed by atoms with Gasteiger partial charge in [-0.05, 0) is 50.7 Å². The zero-order valence-corrected chi connectivity index (χ0v) is 11.6. The zero-order valence-electron chi connectivity index (χ0n) is 11.6. The Hall–Kier alpha value is -1.22. The number of rotatable bonds is 4. The summed E-state index contributed by atoms with van der Waals surface area (Å²) in [6.07, 6.45) is 5.47. The van der Waals surface area contributed by atoms with E-state index in [4.69, 9.17) is 15.2 Å². The molecule has 0 saturated heterocycles. The van der Waals surface area contributed by atoms with E-state index >= 15 is 0 Å². The molecule has 0 spiro atoms. The first kappa shape index (κ1) is 13.2. The number of benzene rings is 1. The second kappa shape index (κ2) is 5.61. The molecule has 0 fully saturated rings. The van der Waals surface area contributed by atoms with Crippen LogP contribution in [-0.2, 0) is 19.3 Å². The van der Waals surface area contributed by atoms with E-state index in [-0.39, 0.29) is 6.04 Å². The van der Waals surface area contributed by atoms with Crippen molar-refractivity contribution in [1.82, 2.24) is 0 Å². The molecule has 1 unspecified atom stereocenters. The van der Waals surface area contributed by atoms with Gasteiger partial charge in [-0.2, -0.15) is 0 Å². The Morgan fingerprint density at radius 3 is 2.39 bits per heavy atom. The van der Waals surface area contributed by atoms with Crippen LogP contribution in [0.25, 0.3) is 0 Å².